The second-order valence-electron chi connectivity index (χ2n) is 8.28. The van der Waals surface area contributed by atoms with E-state index in [1.54, 1.807) is 22.7 Å². The van der Waals surface area contributed by atoms with Gasteiger partial charge in [0.25, 0.3) is 0 Å². The number of rotatable bonds is 10. The molecule has 6 aromatic rings. The lowest BCUT2D eigenvalue weighted by Gasteiger charge is -2.12. The summed E-state index contributed by atoms with van der Waals surface area (Å²) in [5.41, 5.74) is 4.01. The van der Waals surface area contributed by atoms with E-state index in [0.29, 0.717) is 26.4 Å². The predicted octanol–water partition coefficient (Wildman–Crippen LogP) is 7.71. The Bertz CT molecular complexity index is 1460. The first-order chi connectivity index (χ1) is 18.3. The molecule has 0 atom stereocenters. The van der Waals surface area contributed by atoms with Crippen LogP contribution in [0.25, 0.3) is 41.6 Å². The first-order valence-electron chi connectivity index (χ1n) is 12.1. The lowest BCUT2D eigenvalue weighted by molar-refractivity contribution is 0.0767. The van der Waals surface area contributed by atoms with E-state index in [0.717, 1.165) is 43.7 Å². The number of hydrogen-bond donors (Lipinski definition) is 0. The van der Waals surface area contributed by atoms with E-state index in [9.17, 15) is 0 Å². The predicted molar refractivity (Wildman–Crippen MR) is 152 cm³/mol. The quantitative estimate of drug-likeness (QED) is 0.172. The van der Waals surface area contributed by atoms with Gasteiger partial charge in [-0.25, -0.2) is 9.97 Å². The number of aromatic nitrogens is 2. The third-order valence-electron chi connectivity index (χ3n) is 5.79. The van der Waals surface area contributed by atoms with Crippen LogP contribution in [0, 0.1) is 0 Å². The van der Waals surface area contributed by atoms with E-state index < -0.39 is 0 Å². The van der Waals surface area contributed by atoms with Gasteiger partial charge < -0.3 is 14.2 Å². The van der Waals surface area contributed by atoms with Crippen molar-refractivity contribution in [2.24, 2.45) is 0 Å². The Morgan fingerprint density at radius 1 is 0.486 bits per heavy atom. The number of hydrogen-bond acceptors (Lipinski definition) is 7. The fourth-order valence-electron chi connectivity index (χ4n) is 4.04. The molecule has 2 aromatic heterocycles. The summed E-state index contributed by atoms with van der Waals surface area (Å²) in [6, 6.07) is 32.3. The van der Waals surface area contributed by atoms with Gasteiger partial charge in [0.05, 0.1) is 44.8 Å². The molecule has 5 nitrogen and oxygen atoms in total. The summed E-state index contributed by atoms with van der Waals surface area (Å²) < 4.78 is 20.2. The van der Waals surface area contributed by atoms with Gasteiger partial charge in [-0.05, 0) is 48.5 Å². The third kappa shape index (κ3) is 5.34. The van der Waals surface area contributed by atoms with Crippen molar-refractivity contribution in [3.05, 3.63) is 97.1 Å². The normalized spacial score (nSPS) is 11.2. The lowest BCUT2D eigenvalue weighted by Crippen LogP contribution is -2.12. The molecule has 0 radical (unpaired) electrons. The number of para-hydroxylation sites is 4. The molecule has 0 amide bonds. The molecule has 0 N–H and O–H groups in total. The topological polar surface area (TPSA) is 53.5 Å². The lowest BCUT2D eigenvalue weighted by atomic mass is 10.2. The molecular weight excluding hydrogens is 500 g/mol. The number of fused-ring (bicyclic) bond motifs is 2. The van der Waals surface area contributed by atoms with Crippen LogP contribution in [0.1, 0.15) is 0 Å². The largest absolute Gasteiger partial charge is 0.490 e. The number of nitrogens with zero attached hydrogens (tertiary/aromatic N) is 2. The van der Waals surface area contributed by atoms with Crippen molar-refractivity contribution >= 4 is 43.1 Å². The van der Waals surface area contributed by atoms with Crippen LogP contribution >= 0.6 is 22.7 Å². The first kappa shape index (κ1) is 23.6. The highest BCUT2D eigenvalue weighted by molar-refractivity contribution is 7.22. The molecule has 2 heterocycles. The Hall–Kier alpha value is -3.78. The molecule has 4 aromatic carbocycles. The second-order valence-corrected chi connectivity index (χ2v) is 10.3. The monoisotopic (exact) mass is 524 g/mol. The van der Waals surface area contributed by atoms with E-state index in [4.69, 9.17) is 24.2 Å². The molecule has 0 aliphatic heterocycles. The summed E-state index contributed by atoms with van der Waals surface area (Å²) in [7, 11) is 0. The van der Waals surface area contributed by atoms with Crippen molar-refractivity contribution in [2.75, 3.05) is 26.4 Å². The van der Waals surface area contributed by atoms with Crippen molar-refractivity contribution in [1.82, 2.24) is 9.97 Å². The summed E-state index contributed by atoms with van der Waals surface area (Å²) >= 11 is 3.34. The maximum Gasteiger partial charge on any atom is 0.129 e. The smallest absolute Gasteiger partial charge is 0.129 e. The van der Waals surface area contributed by atoms with Crippen LogP contribution in [0.5, 0.6) is 11.5 Å². The van der Waals surface area contributed by atoms with Crippen molar-refractivity contribution < 1.29 is 14.2 Å². The zero-order chi connectivity index (χ0) is 24.9. The first-order valence-corrected chi connectivity index (χ1v) is 13.7. The van der Waals surface area contributed by atoms with Gasteiger partial charge in [0, 0.05) is 0 Å². The van der Waals surface area contributed by atoms with Gasteiger partial charge in [-0.1, -0.05) is 48.5 Å². The molecule has 0 saturated heterocycles. The minimum atomic E-state index is 0.449. The van der Waals surface area contributed by atoms with Crippen LogP contribution in [0.3, 0.4) is 0 Å². The molecule has 0 fully saturated rings. The Morgan fingerprint density at radius 3 is 1.41 bits per heavy atom. The van der Waals surface area contributed by atoms with E-state index in [-0.39, 0.29) is 0 Å². The highest BCUT2D eigenvalue weighted by atomic mass is 32.1. The summed E-state index contributed by atoms with van der Waals surface area (Å²) in [6.45, 7) is 1.84. The van der Waals surface area contributed by atoms with Crippen LogP contribution < -0.4 is 9.47 Å². The fourth-order valence-corrected chi connectivity index (χ4v) is 6.03. The summed E-state index contributed by atoms with van der Waals surface area (Å²) in [6.07, 6.45) is 0. The highest BCUT2D eigenvalue weighted by Crippen LogP contribution is 2.36. The number of thiazole rings is 2. The maximum atomic E-state index is 6.05. The van der Waals surface area contributed by atoms with Crippen molar-refractivity contribution in [3.8, 4) is 32.6 Å². The number of ether oxygens (including phenoxy) is 3. The molecule has 37 heavy (non-hydrogen) atoms. The van der Waals surface area contributed by atoms with Crippen molar-refractivity contribution in [1.29, 1.82) is 0 Å². The minimum absolute atomic E-state index is 0.449. The van der Waals surface area contributed by atoms with Crippen LogP contribution in [-0.2, 0) is 4.74 Å². The van der Waals surface area contributed by atoms with E-state index >= 15 is 0 Å². The molecule has 0 unspecified atom stereocenters. The van der Waals surface area contributed by atoms with Gasteiger partial charge >= 0.3 is 0 Å². The Morgan fingerprint density at radius 2 is 0.919 bits per heavy atom. The Kier molecular flexibility index (Phi) is 7.07. The second kappa shape index (κ2) is 11.1. The summed E-state index contributed by atoms with van der Waals surface area (Å²) in [5.74, 6) is 1.62. The Balaban J connectivity index is 1.01. The Labute approximate surface area is 222 Å². The highest BCUT2D eigenvalue weighted by Gasteiger charge is 2.12. The van der Waals surface area contributed by atoms with Crippen LogP contribution in [0.2, 0.25) is 0 Å². The zero-order valence-electron chi connectivity index (χ0n) is 20.0. The van der Waals surface area contributed by atoms with Gasteiger partial charge in [-0.15, -0.1) is 22.7 Å². The van der Waals surface area contributed by atoms with E-state index in [1.807, 2.05) is 84.9 Å². The van der Waals surface area contributed by atoms with Gasteiger partial charge in [-0.3, -0.25) is 0 Å². The molecule has 0 spiro atoms. The molecule has 0 saturated carbocycles. The van der Waals surface area contributed by atoms with E-state index in [1.165, 1.54) is 9.40 Å². The standard InChI is InChI=1S/C30H24N2O3S2/c1-5-13-25(21(9-1)29-31-23-11-3-7-15-27(23)36-29)34-19-17-33-18-20-35-26-14-6-2-10-22(26)30-32-24-12-4-8-16-28(24)37-30/h1-16H,17-20H2. The van der Waals surface area contributed by atoms with E-state index in [2.05, 4.69) is 12.1 Å². The van der Waals surface area contributed by atoms with Crippen molar-refractivity contribution in [2.45, 2.75) is 0 Å². The van der Waals surface area contributed by atoms with Gasteiger partial charge in [-0.2, -0.15) is 0 Å². The maximum absolute atomic E-state index is 6.05. The van der Waals surface area contributed by atoms with Crippen LogP contribution in [0.15, 0.2) is 97.1 Å². The average molecular weight is 525 g/mol. The molecule has 0 aliphatic carbocycles. The minimum Gasteiger partial charge on any atom is -0.490 e. The van der Waals surface area contributed by atoms with Gasteiger partial charge in [0.15, 0.2) is 0 Å². The molecule has 184 valence electrons. The SMILES string of the molecule is c1ccc(-c2nc3ccccc3s2)c(OCCOCCOc2ccccc2-c2nc3ccccc3s2)c1. The molecule has 6 rings (SSSR count). The van der Waals surface area contributed by atoms with Crippen LogP contribution in [-0.4, -0.2) is 36.4 Å². The molecule has 7 heteroatoms. The fraction of sp³-hybridized carbons (Fsp3) is 0.133. The molecule has 0 aliphatic rings. The zero-order valence-corrected chi connectivity index (χ0v) is 21.6. The van der Waals surface area contributed by atoms with Crippen molar-refractivity contribution in [3.63, 3.8) is 0 Å². The average Bonchev–Trinajstić information content (AvgIpc) is 3.57. The van der Waals surface area contributed by atoms with Gasteiger partial charge in [0.1, 0.15) is 34.7 Å². The number of benzene rings is 4. The molecular formula is C30H24N2O3S2. The summed E-state index contributed by atoms with van der Waals surface area (Å²) in [4.78, 5) is 9.54. The summed E-state index contributed by atoms with van der Waals surface area (Å²) in [5, 5.41) is 1.91. The van der Waals surface area contributed by atoms with Gasteiger partial charge in [0.2, 0.25) is 0 Å². The van der Waals surface area contributed by atoms with Crippen LogP contribution in [0.4, 0.5) is 0 Å². The third-order valence-corrected chi connectivity index (χ3v) is 7.93. The molecule has 0 bridgehead atoms.